The van der Waals surface area contributed by atoms with Crippen molar-refractivity contribution in [1.82, 2.24) is 4.90 Å². The number of hydrogen-bond donors (Lipinski definition) is 1. The normalized spacial score (nSPS) is 25.2. The summed E-state index contributed by atoms with van der Waals surface area (Å²) in [6.07, 6.45) is 6.12. The SMILES string of the molecule is CC=CC(=O)N1CCCC(CCC)(C(=O)O)C1. The van der Waals surface area contributed by atoms with Crippen LogP contribution in [0.25, 0.3) is 0 Å². The lowest BCUT2D eigenvalue weighted by molar-refractivity contribution is -0.154. The summed E-state index contributed by atoms with van der Waals surface area (Å²) >= 11 is 0. The second-order valence-corrected chi connectivity index (χ2v) is 4.70. The first kappa shape index (κ1) is 13.7. The quantitative estimate of drug-likeness (QED) is 0.764. The minimum atomic E-state index is -0.766. The fraction of sp³-hybridized carbons (Fsp3) is 0.692. The van der Waals surface area contributed by atoms with Crippen molar-refractivity contribution in [3.05, 3.63) is 12.2 Å². The van der Waals surface area contributed by atoms with Gasteiger partial charge in [-0.3, -0.25) is 9.59 Å². The summed E-state index contributed by atoms with van der Waals surface area (Å²) in [5.74, 6) is -0.841. The number of carboxylic acids is 1. The predicted molar refractivity (Wildman–Crippen MR) is 65.6 cm³/mol. The molecule has 0 aromatic rings. The molecule has 0 aromatic heterocycles. The maximum atomic E-state index is 11.8. The molecular weight excluding hydrogens is 218 g/mol. The zero-order chi connectivity index (χ0) is 12.9. The molecule has 0 aromatic carbocycles. The average molecular weight is 239 g/mol. The third kappa shape index (κ3) is 3.08. The number of nitrogens with zero attached hydrogens (tertiary/aromatic N) is 1. The lowest BCUT2D eigenvalue weighted by Gasteiger charge is -2.39. The lowest BCUT2D eigenvalue weighted by Crippen LogP contribution is -2.49. The molecule has 17 heavy (non-hydrogen) atoms. The van der Waals surface area contributed by atoms with Crippen molar-refractivity contribution in [1.29, 1.82) is 0 Å². The molecule has 1 atom stereocenters. The van der Waals surface area contributed by atoms with Gasteiger partial charge in [0, 0.05) is 13.1 Å². The Balaban J connectivity index is 2.81. The van der Waals surface area contributed by atoms with Crippen molar-refractivity contribution in [2.75, 3.05) is 13.1 Å². The van der Waals surface area contributed by atoms with Gasteiger partial charge in [0.05, 0.1) is 5.41 Å². The van der Waals surface area contributed by atoms with Gasteiger partial charge in [-0.2, -0.15) is 0 Å². The van der Waals surface area contributed by atoms with E-state index in [1.807, 2.05) is 6.92 Å². The second kappa shape index (κ2) is 5.84. The van der Waals surface area contributed by atoms with E-state index >= 15 is 0 Å². The topological polar surface area (TPSA) is 57.6 Å². The van der Waals surface area contributed by atoms with Crippen LogP contribution < -0.4 is 0 Å². The van der Waals surface area contributed by atoms with Crippen LogP contribution in [0.3, 0.4) is 0 Å². The van der Waals surface area contributed by atoms with Gasteiger partial charge in [-0.25, -0.2) is 0 Å². The number of carbonyl (C=O) groups is 2. The molecule has 1 fully saturated rings. The third-order valence-corrected chi connectivity index (χ3v) is 3.38. The second-order valence-electron chi connectivity index (χ2n) is 4.70. The maximum absolute atomic E-state index is 11.8. The summed E-state index contributed by atoms with van der Waals surface area (Å²) < 4.78 is 0. The molecule has 1 unspecified atom stereocenters. The molecule has 1 amide bonds. The Morgan fingerprint density at radius 3 is 2.71 bits per heavy atom. The maximum Gasteiger partial charge on any atom is 0.311 e. The number of hydrogen-bond acceptors (Lipinski definition) is 2. The molecule has 1 N–H and O–H groups in total. The van der Waals surface area contributed by atoms with E-state index in [0.29, 0.717) is 25.9 Å². The fourth-order valence-corrected chi connectivity index (χ4v) is 2.53. The summed E-state index contributed by atoms with van der Waals surface area (Å²) in [4.78, 5) is 24.9. The highest BCUT2D eigenvalue weighted by molar-refractivity contribution is 5.88. The summed E-state index contributed by atoms with van der Waals surface area (Å²) in [6, 6.07) is 0. The number of allylic oxidation sites excluding steroid dienone is 1. The van der Waals surface area contributed by atoms with Crippen molar-refractivity contribution in [3.8, 4) is 0 Å². The van der Waals surface area contributed by atoms with Crippen LogP contribution in [0.1, 0.15) is 39.5 Å². The molecule has 96 valence electrons. The Labute approximate surface area is 102 Å². The molecule has 1 aliphatic rings. The standard InChI is InChI=1S/C13H21NO3/c1-3-6-11(15)14-9-5-8-13(10-14,7-4-2)12(16)17/h3,6H,4-5,7-10H2,1-2H3,(H,16,17). The number of carbonyl (C=O) groups excluding carboxylic acids is 1. The third-order valence-electron chi connectivity index (χ3n) is 3.38. The summed E-state index contributed by atoms with van der Waals surface area (Å²) in [7, 11) is 0. The van der Waals surface area contributed by atoms with Gasteiger partial charge >= 0.3 is 5.97 Å². The molecule has 1 rings (SSSR count). The summed E-state index contributed by atoms with van der Waals surface area (Å²) in [5, 5.41) is 9.39. The van der Waals surface area contributed by atoms with Crippen LogP contribution in [0.15, 0.2) is 12.2 Å². The number of carboxylic acid groups (broad SMARTS) is 1. The van der Waals surface area contributed by atoms with Crippen LogP contribution in [0, 0.1) is 5.41 Å². The van der Waals surface area contributed by atoms with Crippen LogP contribution >= 0.6 is 0 Å². The number of aliphatic carboxylic acids is 1. The Morgan fingerprint density at radius 1 is 1.47 bits per heavy atom. The molecule has 1 heterocycles. The van der Waals surface area contributed by atoms with E-state index in [2.05, 4.69) is 0 Å². The van der Waals surface area contributed by atoms with E-state index < -0.39 is 11.4 Å². The largest absolute Gasteiger partial charge is 0.481 e. The van der Waals surface area contributed by atoms with E-state index in [1.165, 1.54) is 6.08 Å². The Morgan fingerprint density at radius 2 is 2.18 bits per heavy atom. The van der Waals surface area contributed by atoms with Crippen LogP contribution in [0.2, 0.25) is 0 Å². The number of likely N-dealkylation sites (tertiary alicyclic amines) is 1. The highest BCUT2D eigenvalue weighted by atomic mass is 16.4. The van der Waals surface area contributed by atoms with Gasteiger partial charge in [0.15, 0.2) is 0 Å². The first-order valence-electron chi connectivity index (χ1n) is 6.21. The van der Waals surface area contributed by atoms with Gasteiger partial charge in [-0.15, -0.1) is 0 Å². The molecule has 0 bridgehead atoms. The van der Waals surface area contributed by atoms with Crippen LogP contribution in [-0.2, 0) is 9.59 Å². The predicted octanol–water partition coefficient (Wildman–Crippen LogP) is 2.06. The smallest absolute Gasteiger partial charge is 0.311 e. The summed E-state index contributed by atoms with van der Waals surface area (Å²) in [6.45, 7) is 4.79. The number of piperidine rings is 1. The lowest BCUT2D eigenvalue weighted by atomic mass is 9.76. The van der Waals surface area contributed by atoms with Crippen LogP contribution in [0.5, 0.6) is 0 Å². The van der Waals surface area contributed by atoms with E-state index in [4.69, 9.17) is 0 Å². The van der Waals surface area contributed by atoms with Gasteiger partial charge in [0.25, 0.3) is 0 Å². The Kier molecular flexibility index (Phi) is 4.73. The minimum Gasteiger partial charge on any atom is -0.481 e. The van der Waals surface area contributed by atoms with Crippen LogP contribution in [-0.4, -0.2) is 35.0 Å². The van der Waals surface area contributed by atoms with Gasteiger partial charge < -0.3 is 10.0 Å². The van der Waals surface area contributed by atoms with Gasteiger partial charge in [0.2, 0.25) is 5.91 Å². The van der Waals surface area contributed by atoms with Crippen molar-refractivity contribution >= 4 is 11.9 Å². The van der Waals surface area contributed by atoms with E-state index in [9.17, 15) is 14.7 Å². The molecular formula is C13H21NO3. The van der Waals surface area contributed by atoms with Crippen molar-refractivity contribution in [2.45, 2.75) is 39.5 Å². The van der Waals surface area contributed by atoms with E-state index in [-0.39, 0.29) is 5.91 Å². The zero-order valence-corrected chi connectivity index (χ0v) is 10.6. The first-order chi connectivity index (χ1) is 8.05. The van der Waals surface area contributed by atoms with E-state index in [0.717, 1.165) is 12.8 Å². The molecule has 4 nitrogen and oxygen atoms in total. The zero-order valence-electron chi connectivity index (χ0n) is 10.6. The van der Waals surface area contributed by atoms with Crippen molar-refractivity contribution in [2.24, 2.45) is 5.41 Å². The highest BCUT2D eigenvalue weighted by Crippen LogP contribution is 2.35. The molecule has 4 heteroatoms. The molecule has 0 spiro atoms. The van der Waals surface area contributed by atoms with Gasteiger partial charge in [-0.1, -0.05) is 19.4 Å². The molecule has 1 saturated heterocycles. The minimum absolute atomic E-state index is 0.0751. The molecule has 0 saturated carbocycles. The fourth-order valence-electron chi connectivity index (χ4n) is 2.53. The van der Waals surface area contributed by atoms with Gasteiger partial charge in [0.1, 0.15) is 0 Å². The van der Waals surface area contributed by atoms with Crippen LogP contribution in [0.4, 0.5) is 0 Å². The van der Waals surface area contributed by atoms with E-state index in [1.54, 1.807) is 17.9 Å². The van der Waals surface area contributed by atoms with Gasteiger partial charge in [-0.05, 0) is 32.3 Å². The molecule has 1 aliphatic heterocycles. The monoisotopic (exact) mass is 239 g/mol. The number of amides is 1. The Bertz CT molecular complexity index is 321. The van der Waals surface area contributed by atoms with Crippen molar-refractivity contribution in [3.63, 3.8) is 0 Å². The average Bonchev–Trinajstić information content (AvgIpc) is 2.30. The summed E-state index contributed by atoms with van der Waals surface area (Å²) in [5.41, 5.74) is -0.732. The Hall–Kier alpha value is -1.32. The molecule has 0 radical (unpaired) electrons. The molecule has 0 aliphatic carbocycles. The van der Waals surface area contributed by atoms with Crippen molar-refractivity contribution < 1.29 is 14.7 Å². The number of rotatable bonds is 4. The first-order valence-corrected chi connectivity index (χ1v) is 6.21. The highest BCUT2D eigenvalue weighted by Gasteiger charge is 2.42.